The Morgan fingerprint density at radius 2 is 1.59 bits per heavy atom. The van der Waals surface area contributed by atoms with Gasteiger partial charge in [0.15, 0.2) is 0 Å². The van der Waals surface area contributed by atoms with Gasteiger partial charge in [-0.25, -0.2) is 0 Å². The van der Waals surface area contributed by atoms with Crippen LogP contribution in [0.5, 0.6) is 0 Å². The fourth-order valence-corrected chi connectivity index (χ4v) is 3.32. The molecule has 1 aliphatic heterocycles. The molecule has 2 nitrogen and oxygen atoms in total. The van der Waals surface area contributed by atoms with Crippen LogP contribution >= 0.6 is 0 Å². The van der Waals surface area contributed by atoms with Gasteiger partial charge in [-0.3, -0.25) is 4.79 Å². The Bertz CT molecular complexity index is 227. The molecule has 1 saturated heterocycles. The standard InChI is InChI=1S/C15H27NO/c17-15(16-12-5-2-6-13-16)11-7-10-14-8-3-1-4-9-14/h14H,1-13H2. The first-order chi connectivity index (χ1) is 8.36. The van der Waals surface area contributed by atoms with Crippen molar-refractivity contribution in [2.75, 3.05) is 13.1 Å². The van der Waals surface area contributed by atoms with E-state index in [-0.39, 0.29) is 0 Å². The lowest BCUT2D eigenvalue weighted by atomic mass is 9.86. The summed E-state index contributed by atoms with van der Waals surface area (Å²) in [6.07, 6.45) is 14.1. The Balaban J connectivity index is 1.58. The van der Waals surface area contributed by atoms with Crippen LogP contribution in [0.3, 0.4) is 0 Å². The lowest BCUT2D eigenvalue weighted by Crippen LogP contribution is -2.35. The van der Waals surface area contributed by atoms with Crippen LogP contribution in [-0.2, 0) is 4.79 Å². The number of rotatable bonds is 4. The van der Waals surface area contributed by atoms with Crippen molar-refractivity contribution in [3.8, 4) is 0 Å². The van der Waals surface area contributed by atoms with E-state index in [0.29, 0.717) is 5.91 Å². The van der Waals surface area contributed by atoms with Gasteiger partial charge in [-0.1, -0.05) is 32.1 Å². The molecular formula is C15H27NO. The summed E-state index contributed by atoms with van der Waals surface area (Å²) in [4.78, 5) is 14.1. The summed E-state index contributed by atoms with van der Waals surface area (Å²) in [6.45, 7) is 2.03. The van der Waals surface area contributed by atoms with Crippen LogP contribution in [0.4, 0.5) is 0 Å². The molecule has 1 aliphatic carbocycles. The van der Waals surface area contributed by atoms with Crippen molar-refractivity contribution in [3.05, 3.63) is 0 Å². The Kier molecular flexibility index (Phi) is 5.34. The van der Waals surface area contributed by atoms with Crippen molar-refractivity contribution in [2.24, 2.45) is 5.92 Å². The van der Waals surface area contributed by atoms with Crippen molar-refractivity contribution >= 4 is 5.91 Å². The van der Waals surface area contributed by atoms with Gasteiger partial charge in [-0.05, 0) is 38.0 Å². The summed E-state index contributed by atoms with van der Waals surface area (Å²) in [5, 5.41) is 0. The van der Waals surface area contributed by atoms with Gasteiger partial charge >= 0.3 is 0 Å². The maximum Gasteiger partial charge on any atom is 0.222 e. The second-order valence-electron chi connectivity index (χ2n) is 5.84. The molecule has 2 rings (SSSR count). The van der Waals surface area contributed by atoms with E-state index in [2.05, 4.69) is 4.90 Å². The van der Waals surface area contributed by atoms with E-state index in [1.807, 2.05) is 0 Å². The third-order valence-corrected chi connectivity index (χ3v) is 4.44. The van der Waals surface area contributed by atoms with Crippen LogP contribution in [0.25, 0.3) is 0 Å². The molecule has 98 valence electrons. The summed E-state index contributed by atoms with van der Waals surface area (Å²) in [6, 6.07) is 0. The number of carbonyl (C=O) groups excluding carboxylic acids is 1. The predicted octanol–water partition coefficient (Wildman–Crippen LogP) is 3.75. The van der Waals surface area contributed by atoms with E-state index >= 15 is 0 Å². The van der Waals surface area contributed by atoms with Gasteiger partial charge in [0, 0.05) is 19.5 Å². The van der Waals surface area contributed by atoms with Gasteiger partial charge in [-0.2, -0.15) is 0 Å². The number of hydrogen-bond donors (Lipinski definition) is 0. The average molecular weight is 237 g/mol. The largest absolute Gasteiger partial charge is 0.343 e. The van der Waals surface area contributed by atoms with E-state index in [1.54, 1.807) is 0 Å². The van der Waals surface area contributed by atoms with Gasteiger partial charge < -0.3 is 4.90 Å². The third-order valence-electron chi connectivity index (χ3n) is 4.44. The first kappa shape index (κ1) is 12.9. The molecule has 2 aliphatic rings. The van der Waals surface area contributed by atoms with Crippen molar-refractivity contribution in [2.45, 2.75) is 70.6 Å². The molecule has 0 N–H and O–H groups in total. The Morgan fingerprint density at radius 1 is 0.941 bits per heavy atom. The van der Waals surface area contributed by atoms with Crippen LogP contribution in [0, 0.1) is 5.92 Å². The molecule has 0 spiro atoms. The topological polar surface area (TPSA) is 20.3 Å². The molecule has 0 radical (unpaired) electrons. The molecule has 1 amide bonds. The Hall–Kier alpha value is -0.530. The predicted molar refractivity (Wildman–Crippen MR) is 70.9 cm³/mol. The Morgan fingerprint density at radius 3 is 2.29 bits per heavy atom. The lowest BCUT2D eigenvalue weighted by molar-refractivity contribution is -0.132. The first-order valence-corrected chi connectivity index (χ1v) is 7.64. The number of likely N-dealkylation sites (tertiary alicyclic amines) is 1. The number of nitrogens with zero attached hydrogens (tertiary/aromatic N) is 1. The van der Waals surface area contributed by atoms with Crippen molar-refractivity contribution in [3.63, 3.8) is 0 Å². The highest BCUT2D eigenvalue weighted by molar-refractivity contribution is 5.76. The number of hydrogen-bond acceptors (Lipinski definition) is 1. The molecule has 0 aromatic rings. The van der Waals surface area contributed by atoms with E-state index < -0.39 is 0 Å². The second-order valence-corrected chi connectivity index (χ2v) is 5.84. The highest BCUT2D eigenvalue weighted by Gasteiger charge is 2.17. The quantitative estimate of drug-likeness (QED) is 0.729. The van der Waals surface area contributed by atoms with Crippen LogP contribution in [-0.4, -0.2) is 23.9 Å². The number of carbonyl (C=O) groups is 1. The molecule has 0 unspecified atom stereocenters. The molecule has 1 saturated carbocycles. The highest BCUT2D eigenvalue weighted by atomic mass is 16.2. The monoisotopic (exact) mass is 237 g/mol. The van der Waals surface area contributed by atoms with Gasteiger partial charge in [0.1, 0.15) is 0 Å². The summed E-state index contributed by atoms with van der Waals surface area (Å²) in [5.41, 5.74) is 0. The van der Waals surface area contributed by atoms with Crippen LogP contribution < -0.4 is 0 Å². The fraction of sp³-hybridized carbons (Fsp3) is 0.933. The maximum atomic E-state index is 12.0. The molecule has 2 heteroatoms. The Labute approximate surface area is 106 Å². The molecule has 0 atom stereocenters. The van der Waals surface area contributed by atoms with Gasteiger partial charge in [0.25, 0.3) is 0 Å². The molecule has 17 heavy (non-hydrogen) atoms. The summed E-state index contributed by atoms with van der Waals surface area (Å²) >= 11 is 0. The second kappa shape index (κ2) is 7.03. The normalized spacial score (nSPS) is 22.7. The third kappa shape index (κ3) is 4.33. The van der Waals surface area contributed by atoms with Crippen LogP contribution in [0.2, 0.25) is 0 Å². The molecule has 2 fully saturated rings. The van der Waals surface area contributed by atoms with Gasteiger partial charge in [0.2, 0.25) is 5.91 Å². The van der Waals surface area contributed by atoms with Gasteiger partial charge in [-0.15, -0.1) is 0 Å². The minimum atomic E-state index is 0.417. The maximum absolute atomic E-state index is 12.0. The van der Waals surface area contributed by atoms with Crippen molar-refractivity contribution in [1.82, 2.24) is 4.90 Å². The summed E-state index contributed by atoms with van der Waals surface area (Å²) in [5.74, 6) is 1.35. The van der Waals surface area contributed by atoms with Crippen molar-refractivity contribution in [1.29, 1.82) is 0 Å². The number of amides is 1. The SMILES string of the molecule is O=C(CCCC1CCCCC1)N1CCCCC1. The minimum Gasteiger partial charge on any atom is -0.343 e. The van der Waals surface area contributed by atoms with Crippen molar-refractivity contribution < 1.29 is 4.79 Å². The zero-order valence-corrected chi connectivity index (χ0v) is 11.1. The number of piperidine rings is 1. The zero-order chi connectivity index (χ0) is 11.9. The smallest absolute Gasteiger partial charge is 0.222 e. The lowest BCUT2D eigenvalue weighted by Gasteiger charge is -2.27. The summed E-state index contributed by atoms with van der Waals surface area (Å²) < 4.78 is 0. The summed E-state index contributed by atoms with van der Waals surface area (Å²) in [7, 11) is 0. The molecule has 0 aromatic heterocycles. The molecular weight excluding hydrogens is 210 g/mol. The van der Waals surface area contributed by atoms with E-state index in [9.17, 15) is 4.79 Å². The van der Waals surface area contributed by atoms with Crippen LogP contribution in [0.15, 0.2) is 0 Å². The molecule has 1 heterocycles. The highest BCUT2D eigenvalue weighted by Crippen LogP contribution is 2.27. The fourth-order valence-electron chi connectivity index (χ4n) is 3.32. The van der Waals surface area contributed by atoms with E-state index in [4.69, 9.17) is 0 Å². The first-order valence-electron chi connectivity index (χ1n) is 7.64. The zero-order valence-electron chi connectivity index (χ0n) is 11.1. The van der Waals surface area contributed by atoms with E-state index in [0.717, 1.165) is 31.8 Å². The van der Waals surface area contributed by atoms with Crippen LogP contribution in [0.1, 0.15) is 70.6 Å². The molecule has 0 bridgehead atoms. The van der Waals surface area contributed by atoms with Gasteiger partial charge in [0.05, 0.1) is 0 Å². The average Bonchev–Trinajstić information content (AvgIpc) is 2.41. The minimum absolute atomic E-state index is 0.417. The molecule has 0 aromatic carbocycles. The van der Waals surface area contributed by atoms with E-state index in [1.165, 1.54) is 57.8 Å².